The van der Waals surface area contributed by atoms with Crippen molar-refractivity contribution in [3.8, 4) is 0 Å². The van der Waals surface area contributed by atoms with Gasteiger partial charge in [-0.15, -0.1) is 0 Å². The molecule has 1 unspecified atom stereocenters. The van der Waals surface area contributed by atoms with Crippen LogP contribution in [-0.4, -0.2) is 36.8 Å². The molecular weight excluding hydrogens is 312 g/mol. The van der Waals surface area contributed by atoms with Crippen molar-refractivity contribution in [1.29, 1.82) is 0 Å². The smallest absolute Gasteiger partial charge is 0.242 e. The van der Waals surface area contributed by atoms with Gasteiger partial charge in [0.05, 0.1) is 19.3 Å². The Balaban J connectivity index is 2.29. The van der Waals surface area contributed by atoms with Crippen LogP contribution in [0.1, 0.15) is 18.6 Å². The Kier molecular flexibility index (Phi) is 4.44. The van der Waals surface area contributed by atoms with Crippen LogP contribution in [0.5, 0.6) is 0 Å². The van der Waals surface area contributed by atoms with E-state index in [-0.39, 0.29) is 0 Å². The van der Waals surface area contributed by atoms with E-state index in [1.54, 1.807) is 6.92 Å². The van der Waals surface area contributed by atoms with E-state index in [1.807, 2.05) is 23.1 Å². The highest BCUT2D eigenvalue weighted by Gasteiger charge is 2.28. The monoisotopic (exact) mass is 328 g/mol. The molecule has 1 heterocycles. The molecule has 0 aliphatic carbocycles. The minimum absolute atomic E-state index is 0.311. The van der Waals surface area contributed by atoms with Gasteiger partial charge in [-0.3, -0.25) is 4.79 Å². The molecule has 2 rings (SSSR count). The summed E-state index contributed by atoms with van der Waals surface area (Å²) in [6.45, 7) is 3.21. The van der Waals surface area contributed by atoms with Crippen LogP contribution in [0.3, 0.4) is 0 Å². The van der Waals surface area contributed by atoms with E-state index in [0.29, 0.717) is 19.8 Å². The van der Waals surface area contributed by atoms with Gasteiger partial charge in [0.25, 0.3) is 0 Å². The number of ether oxygens (including phenoxy) is 1. The van der Waals surface area contributed by atoms with Crippen molar-refractivity contribution in [2.24, 2.45) is 5.73 Å². The maximum atomic E-state index is 11.4. The molecule has 1 aromatic rings. The molecule has 6 heteroatoms. The Morgan fingerprint density at radius 2 is 2.37 bits per heavy atom. The van der Waals surface area contributed by atoms with Crippen molar-refractivity contribution < 1.29 is 14.6 Å². The second-order valence-corrected chi connectivity index (χ2v) is 5.42. The summed E-state index contributed by atoms with van der Waals surface area (Å²) in [5, 5.41) is 9.61. The van der Waals surface area contributed by atoms with Crippen LogP contribution in [-0.2, 0) is 9.53 Å². The number of rotatable bonds is 3. The van der Waals surface area contributed by atoms with Crippen molar-refractivity contribution in [2.75, 3.05) is 24.7 Å². The third kappa shape index (κ3) is 3.08. The minimum Gasteiger partial charge on any atom is -0.389 e. The fourth-order valence-electron chi connectivity index (χ4n) is 2.18. The number of carbonyl (C=O) groups excluding carboxylic acids is 1. The van der Waals surface area contributed by atoms with Gasteiger partial charge in [-0.05, 0) is 24.6 Å². The van der Waals surface area contributed by atoms with Gasteiger partial charge in [0.1, 0.15) is 6.04 Å². The Morgan fingerprint density at radius 1 is 1.63 bits per heavy atom. The lowest BCUT2D eigenvalue weighted by molar-refractivity contribution is -0.121. The number of hydrogen-bond acceptors (Lipinski definition) is 4. The molecule has 5 nitrogen and oxygen atoms in total. The zero-order chi connectivity index (χ0) is 14.0. The first kappa shape index (κ1) is 14.3. The number of primary amides is 1. The van der Waals surface area contributed by atoms with E-state index in [1.165, 1.54) is 0 Å². The third-order valence-electron chi connectivity index (χ3n) is 3.22. The Bertz CT molecular complexity index is 479. The Labute approximate surface area is 120 Å². The summed E-state index contributed by atoms with van der Waals surface area (Å²) >= 11 is 3.44. The first-order valence-electron chi connectivity index (χ1n) is 6.12. The van der Waals surface area contributed by atoms with E-state index >= 15 is 0 Å². The number of aliphatic hydroxyl groups is 1. The normalized spacial score (nSPS) is 21.2. The molecule has 0 radical (unpaired) electrons. The lowest BCUT2D eigenvalue weighted by Crippen LogP contribution is -2.52. The molecule has 3 N–H and O–H groups in total. The summed E-state index contributed by atoms with van der Waals surface area (Å²) in [7, 11) is 0. The van der Waals surface area contributed by atoms with Gasteiger partial charge >= 0.3 is 0 Å². The predicted octanol–water partition coefficient (Wildman–Crippen LogP) is 1.19. The van der Waals surface area contributed by atoms with Gasteiger partial charge in [0, 0.05) is 16.7 Å². The lowest BCUT2D eigenvalue weighted by atomic mass is 10.1. The number of hydrogen-bond donors (Lipinski definition) is 2. The quantitative estimate of drug-likeness (QED) is 0.874. The van der Waals surface area contributed by atoms with Crippen molar-refractivity contribution in [3.63, 3.8) is 0 Å². The number of halogens is 1. The Morgan fingerprint density at radius 3 is 2.95 bits per heavy atom. The number of nitrogens with zero attached hydrogens (tertiary/aromatic N) is 1. The zero-order valence-electron chi connectivity index (χ0n) is 10.7. The largest absolute Gasteiger partial charge is 0.389 e. The molecule has 0 bridgehead atoms. The summed E-state index contributed by atoms with van der Waals surface area (Å²) in [5.74, 6) is -0.393. The maximum absolute atomic E-state index is 11.4. The fourth-order valence-corrected chi connectivity index (χ4v) is 2.88. The van der Waals surface area contributed by atoms with E-state index in [9.17, 15) is 9.90 Å². The molecule has 1 fully saturated rings. The fraction of sp³-hybridized carbons (Fsp3) is 0.462. The summed E-state index contributed by atoms with van der Waals surface area (Å²) in [6.07, 6.45) is -0.542. The summed E-state index contributed by atoms with van der Waals surface area (Å²) in [5.41, 5.74) is 7.10. The third-order valence-corrected chi connectivity index (χ3v) is 3.91. The second kappa shape index (κ2) is 5.90. The van der Waals surface area contributed by atoms with E-state index < -0.39 is 18.1 Å². The summed E-state index contributed by atoms with van der Waals surface area (Å²) in [6, 6.07) is 5.17. The number of morpholine rings is 1. The van der Waals surface area contributed by atoms with Crippen molar-refractivity contribution >= 4 is 27.5 Å². The van der Waals surface area contributed by atoms with Gasteiger partial charge in [-0.25, -0.2) is 0 Å². The first-order valence-corrected chi connectivity index (χ1v) is 6.91. The minimum atomic E-state index is -0.542. The van der Waals surface area contributed by atoms with Crippen LogP contribution in [0.4, 0.5) is 5.69 Å². The molecule has 1 saturated heterocycles. The van der Waals surface area contributed by atoms with Gasteiger partial charge < -0.3 is 20.5 Å². The average molecular weight is 329 g/mol. The van der Waals surface area contributed by atoms with Crippen LogP contribution in [0.2, 0.25) is 0 Å². The molecule has 0 saturated carbocycles. The highest BCUT2D eigenvalue weighted by Crippen LogP contribution is 2.29. The number of aliphatic hydroxyl groups excluding tert-OH is 1. The van der Waals surface area contributed by atoms with E-state index in [0.717, 1.165) is 15.7 Å². The molecule has 1 aliphatic rings. The lowest BCUT2D eigenvalue weighted by Gasteiger charge is -2.35. The van der Waals surface area contributed by atoms with Gasteiger partial charge in [0.15, 0.2) is 0 Å². The molecular formula is C13H17BrN2O3. The number of benzene rings is 1. The molecule has 1 aliphatic heterocycles. The average Bonchev–Trinajstić information content (AvgIpc) is 2.38. The van der Waals surface area contributed by atoms with Crippen LogP contribution in [0.25, 0.3) is 0 Å². The van der Waals surface area contributed by atoms with E-state index in [2.05, 4.69) is 15.9 Å². The van der Waals surface area contributed by atoms with Crippen molar-refractivity contribution in [3.05, 3.63) is 28.2 Å². The molecule has 2 atom stereocenters. The first-order chi connectivity index (χ1) is 9.00. The molecule has 1 amide bonds. The van der Waals surface area contributed by atoms with Gasteiger partial charge in [-0.2, -0.15) is 0 Å². The van der Waals surface area contributed by atoms with Crippen molar-refractivity contribution in [2.45, 2.75) is 19.1 Å². The predicted molar refractivity (Wildman–Crippen MR) is 75.9 cm³/mol. The van der Waals surface area contributed by atoms with E-state index in [4.69, 9.17) is 10.5 Å². The summed E-state index contributed by atoms with van der Waals surface area (Å²) in [4.78, 5) is 13.4. The number of anilines is 1. The molecule has 1 aromatic carbocycles. The number of amides is 1. The molecule has 0 aromatic heterocycles. The number of carbonyl (C=O) groups is 1. The zero-order valence-corrected chi connectivity index (χ0v) is 12.3. The van der Waals surface area contributed by atoms with Gasteiger partial charge in [-0.1, -0.05) is 22.0 Å². The van der Waals surface area contributed by atoms with Crippen LogP contribution >= 0.6 is 15.9 Å². The molecule has 0 spiro atoms. The number of nitrogens with two attached hydrogens (primary N) is 1. The van der Waals surface area contributed by atoms with Crippen molar-refractivity contribution in [1.82, 2.24) is 0 Å². The SMILES string of the molecule is C[C@@H](O)c1ccc(N2CCOCC2C(N)=O)cc1Br. The maximum Gasteiger partial charge on any atom is 0.242 e. The Hall–Kier alpha value is -1.11. The van der Waals surface area contributed by atoms with Gasteiger partial charge in [0.2, 0.25) is 5.91 Å². The highest BCUT2D eigenvalue weighted by molar-refractivity contribution is 9.10. The van der Waals surface area contributed by atoms with Crippen LogP contribution in [0.15, 0.2) is 22.7 Å². The second-order valence-electron chi connectivity index (χ2n) is 4.57. The summed E-state index contributed by atoms with van der Waals surface area (Å²) < 4.78 is 6.11. The highest BCUT2D eigenvalue weighted by atomic mass is 79.9. The molecule has 104 valence electrons. The topological polar surface area (TPSA) is 75.8 Å². The standard InChI is InChI=1S/C13H17BrN2O3/c1-8(17)10-3-2-9(6-11(10)14)16-4-5-19-7-12(16)13(15)18/h2-3,6,8,12,17H,4-5,7H2,1H3,(H2,15,18)/t8-,12?/m1/s1. The van der Waals surface area contributed by atoms with Crippen LogP contribution in [0, 0.1) is 0 Å². The van der Waals surface area contributed by atoms with Crippen LogP contribution < -0.4 is 10.6 Å². The molecule has 19 heavy (non-hydrogen) atoms.